The van der Waals surface area contributed by atoms with Crippen LogP contribution in [0.1, 0.15) is 21.5 Å². The van der Waals surface area contributed by atoms with Crippen molar-refractivity contribution in [2.75, 3.05) is 7.11 Å². The molecule has 9 heteroatoms. The third kappa shape index (κ3) is 4.24. The van der Waals surface area contributed by atoms with Crippen LogP contribution in [-0.4, -0.2) is 29.3 Å². The van der Waals surface area contributed by atoms with Gasteiger partial charge in [0.2, 0.25) is 0 Å². The zero-order chi connectivity index (χ0) is 18.6. The summed E-state index contributed by atoms with van der Waals surface area (Å²) in [6.07, 6.45) is 1.07. The largest absolute Gasteiger partial charge is 0.504 e. The number of hydrazone groups is 1. The van der Waals surface area contributed by atoms with Gasteiger partial charge in [-0.25, -0.2) is 5.43 Å². The SMILES string of the molecule is COc1cc([N+](=O)[O-])cc(/C=N/NC(=O)c2ccc(C)cc2Cl)c1O. The van der Waals surface area contributed by atoms with Crippen LogP contribution in [0, 0.1) is 17.0 Å². The van der Waals surface area contributed by atoms with Crippen molar-refractivity contribution in [2.45, 2.75) is 6.92 Å². The first kappa shape index (κ1) is 18.2. The minimum absolute atomic E-state index is 0.0151. The first-order valence-corrected chi connectivity index (χ1v) is 7.36. The molecule has 1 amide bonds. The second-order valence-corrected chi connectivity index (χ2v) is 5.43. The van der Waals surface area contributed by atoms with Crippen molar-refractivity contribution in [2.24, 2.45) is 5.10 Å². The van der Waals surface area contributed by atoms with Gasteiger partial charge in [0.05, 0.1) is 34.9 Å². The first-order chi connectivity index (χ1) is 11.8. The van der Waals surface area contributed by atoms with Crippen LogP contribution in [0.5, 0.6) is 11.5 Å². The van der Waals surface area contributed by atoms with Gasteiger partial charge >= 0.3 is 0 Å². The van der Waals surface area contributed by atoms with E-state index in [4.69, 9.17) is 16.3 Å². The summed E-state index contributed by atoms with van der Waals surface area (Å²) in [5, 5.41) is 24.9. The maximum Gasteiger partial charge on any atom is 0.274 e. The number of carbonyl (C=O) groups excluding carboxylic acids is 1. The maximum atomic E-state index is 12.0. The second kappa shape index (κ2) is 7.63. The number of ether oxygens (including phenoxy) is 1. The van der Waals surface area contributed by atoms with Crippen LogP contribution in [0.3, 0.4) is 0 Å². The van der Waals surface area contributed by atoms with E-state index in [0.717, 1.165) is 23.9 Å². The van der Waals surface area contributed by atoms with Gasteiger partial charge in [-0.3, -0.25) is 14.9 Å². The topological polar surface area (TPSA) is 114 Å². The van der Waals surface area contributed by atoms with E-state index in [1.54, 1.807) is 18.2 Å². The molecule has 2 rings (SSSR count). The van der Waals surface area contributed by atoms with E-state index < -0.39 is 10.8 Å². The molecule has 0 aliphatic carbocycles. The molecule has 0 unspecified atom stereocenters. The summed E-state index contributed by atoms with van der Waals surface area (Å²) < 4.78 is 4.88. The number of non-ortho nitro benzene ring substituents is 1. The lowest BCUT2D eigenvalue weighted by Crippen LogP contribution is -2.18. The lowest BCUT2D eigenvalue weighted by molar-refractivity contribution is -0.385. The van der Waals surface area contributed by atoms with Gasteiger partial charge in [-0.15, -0.1) is 0 Å². The van der Waals surface area contributed by atoms with Crippen LogP contribution < -0.4 is 10.2 Å². The number of nitro groups is 1. The van der Waals surface area contributed by atoms with Crippen LogP contribution in [-0.2, 0) is 0 Å². The van der Waals surface area contributed by atoms with Gasteiger partial charge in [0.1, 0.15) is 0 Å². The third-order valence-corrected chi connectivity index (χ3v) is 3.57. The number of hydrogen-bond donors (Lipinski definition) is 2. The molecular weight excluding hydrogens is 350 g/mol. The highest BCUT2D eigenvalue weighted by atomic mass is 35.5. The van der Waals surface area contributed by atoms with Crippen LogP contribution in [0.25, 0.3) is 0 Å². The van der Waals surface area contributed by atoms with Gasteiger partial charge in [0.25, 0.3) is 11.6 Å². The molecule has 0 atom stereocenters. The zero-order valence-electron chi connectivity index (χ0n) is 13.3. The lowest BCUT2D eigenvalue weighted by Gasteiger charge is -2.06. The third-order valence-electron chi connectivity index (χ3n) is 3.26. The van der Waals surface area contributed by atoms with Crippen molar-refractivity contribution in [1.29, 1.82) is 0 Å². The molecule has 0 aliphatic rings. The molecule has 0 bridgehead atoms. The van der Waals surface area contributed by atoms with Crippen LogP contribution in [0.4, 0.5) is 5.69 Å². The molecule has 0 saturated heterocycles. The highest BCUT2D eigenvalue weighted by Gasteiger charge is 2.16. The van der Waals surface area contributed by atoms with E-state index in [0.29, 0.717) is 0 Å². The molecule has 8 nitrogen and oxygen atoms in total. The van der Waals surface area contributed by atoms with Gasteiger partial charge in [-0.05, 0) is 24.6 Å². The molecule has 0 radical (unpaired) electrons. The molecule has 0 aromatic heterocycles. The predicted octanol–water partition coefficient (Wildman–Crippen LogP) is 3.03. The summed E-state index contributed by atoms with van der Waals surface area (Å²) in [7, 11) is 1.26. The Morgan fingerprint density at radius 2 is 2.12 bits per heavy atom. The van der Waals surface area contributed by atoms with Gasteiger partial charge in [-0.2, -0.15) is 5.10 Å². The molecule has 0 fully saturated rings. The number of halogens is 1. The first-order valence-electron chi connectivity index (χ1n) is 6.98. The Morgan fingerprint density at radius 1 is 1.40 bits per heavy atom. The Kier molecular flexibility index (Phi) is 5.56. The van der Waals surface area contributed by atoms with Crippen molar-refractivity contribution < 1.29 is 19.6 Å². The van der Waals surface area contributed by atoms with Crippen molar-refractivity contribution in [3.63, 3.8) is 0 Å². The second-order valence-electron chi connectivity index (χ2n) is 5.03. The molecule has 0 heterocycles. The molecule has 0 spiro atoms. The van der Waals surface area contributed by atoms with Gasteiger partial charge in [0.15, 0.2) is 11.5 Å². The number of methoxy groups -OCH3 is 1. The van der Waals surface area contributed by atoms with Gasteiger partial charge in [0, 0.05) is 11.6 Å². The number of amides is 1. The molecule has 25 heavy (non-hydrogen) atoms. The number of phenols is 1. The average molecular weight is 364 g/mol. The fraction of sp³-hybridized carbons (Fsp3) is 0.125. The van der Waals surface area contributed by atoms with E-state index in [9.17, 15) is 20.0 Å². The van der Waals surface area contributed by atoms with E-state index in [1.807, 2.05) is 6.92 Å². The molecule has 2 aromatic rings. The molecule has 130 valence electrons. The number of hydrogen-bond acceptors (Lipinski definition) is 6. The summed E-state index contributed by atoms with van der Waals surface area (Å²) >= 11 is 6.00. The summed E-state index contributed by atoms with van der Waals surface area (Å²) in [5.74, 6) is -0.971. The Balaban J connectivity index is 2.23. The highest BCUT2D eigenvalue weighted by Crippen LogP contribution is 2.33. The predicted molar refractivity (Wildman–Crippen MR) is 92.6 cm³/mol. The lowest BCUT2D eigenvalue weighted by atomic mass is 10.1. The Bertz CT molecular complexity index is 867. The zero-order valence-corrected chi connectivity index (χ0v) is 14.1. The van der Waals surface area contributed by atoms with Gasteiger partial charge < -0.3 is 9.84 Å². The smallest absolute Gasteiger partial charge is 0.274 e. The van der Waals surface area contributed by atoms with Crippen molar-refractivity contribution in [1.82, 2.24) is 5.43 Å². The molecular formula is C16H14ClN3O5. The number of aromatic hydroxyl groups is 1. The van der Waals surface area contributed by atoms with E-state index in [1.165, 1.54) is 7.11 Å². The molecule has 0 saturated carbocycles. The maximum absolute atomic E-state index is 12.0. The number of carbonyl (C=O) groups is 1. The average Bonchev–Trinajstić information content (AvgIpc) is 2.55. The van der Waals surface area contributed by atoms with Crippen LogP contribution >= 0.6 is 11.6 Å². The number of aryl methyl sites for hydroxylation is 1. The summed E-state index contributed by atoms with van der Waals surface area (Å²) in [5.41, 5.74) is 3.10. The molecule has 2 aromatic carbocycles. The number of phenolic OH excluding ortho intramolecular Hbond substituents is 1. The van der Waals surface area contributed by atoms with Crippen molar-refractivity contribution >= 4 is 29.4 Å². The van der Waals surface area contributed by atoms with Crippen molar-refractivity contribution in [3.05, 3.63) is 62.2 Å². The Hall–Kier alpha value is -3.13. The quantitative estimate of drug-likeness (QED) is 0.481. The summed E-state index contributed by atoms with van der Waals surface area (Å²) in [6.45, 7) is 1.84. The standard InChI is InChI=1S/C16H14ClN3O5/c1-9-3-4-12(13(17)5-9)16(22)19-18-8-10-6-11(20(23)24)7-14(25-2)15(10)21/h3-8,21H,1-2H3,(H,19,22)/b18-8+. The van der Waals surface area contributed by atoms with Gasteiger partial charge in [-0.1, -0.05) is 17.7 Å². The Morgan fingerprint density at radius 3 is 2.72 bits per heavy atom. The van der Waals surface area contributed by atoms with Crippen LogP contribution in [0.2, 0.25) is 5.02 Å². The Labute approximate surface area is 147 Å². The minimum atomic E-state index is -0.635. The van der Waals surface area contributed by atoms with E-state index in [2.05, 4.69) is 10.5 Å². The summed E-state index contributed by atoms with van der Waals surface area (Å²) in [6, 6.07) is 7.10. The summed E-state index contributed by atoms with van der Waals surface area (Å²) in [4.78, 5) is 22.3. The minimum Gasteiger partial charge on any atom is -0.504 e. The normalized spacial score (nSPS) is 10.7. The fourth-order valence-corrected chi connectivity index (χ4v) is 2.32. The van der Waals surface area contributed by atoms with Crippen molar-refractivity contribution in [3.8, 4) is 11.5 Å². The highest BCUT2D eigenvalue weighted by molar-refractivity contribution is 6.33. The van der Waals surface area contributed by atoms with E-state index >= 15 is 0 Å². The molecule has 2 N–H and O–H groups in total. The number of nitrogens with zero attached hydrogens (tertiary/aromatic N) is 2. The molecule has 0 aliphatic heterocycles. The number of nitro benzene ring substituents is 1. The fourth-order valence-electron chi connectivity index (χ4n) is 2.00. The number of benzene rings is 2. The van der Waals surface area contributed by atoms with E-state index in [-0.39, 0.29) is 33.3 Å². The number of nitrogens with one attached hydrogen (secondary N) is 1. The number of rotatable bonds is 5. The monoisotopic (exact) mass is 363 g/mol. The van der Waals surface area contributed by atoms with Crippen LogP contribution in [0.15, 0.2) is 35.4 Å².